The molecule has 0 amide bonds. The molecule has 3 heterocycles. The van der Waals surface area contributed by atoms with E-state index in [0.717, 1.165) is 13.1 Å². The molecule has 3 nitrogen and oxygen atoms in total. The van der Waals surface area contributed by atoms with E-state index in [4.69, 9.17) is 0 Å². The lowest BCUT2D eigenvalue weighted by atomic mass is 9.98. The second-order valence-corrected chi connectivity index (χ2v) is 5.23. The van der Waals surface area contributed by atoms with E-state index in [9.17, 15) is 0 Å². The fourth-order valence-corrected chi connectivity index (χ4v) is 3.51. The van der Waals surface area contributed by atoms with E-state index in [1.807, 2.05) is 0 Å². The Kier molecular flexibility index (Phi) is 2.25. The topological polar surface area (TPSA) is 40.7 Å². The molecule has 1 atom stereocenters. The summed E-state index contributed by atoms with van der Waals surface area (Å²) in [5.74, 6) is 3.30. The maximum Gasteiger partial charge on any atom is 0.0709 e. The molecule has 2 N–H and O–H groups in total. The highest BCUT2D eigenvalue weighted by Crippen LogP contribution is 2.33. The van der Waals surface area contributed by atoms with E-state index in [1.165, 1.54) is 41.3 Å². The minimum Gasteiger partial charge on any atom is -0.307 e. The Morgan fingerprint density at radius 2 is 2.36 bits per heavy atom. The summed E-state index contributed by atoms with van der Waals surface area (Å²) in [5, 5.41) is 11.0. The SMILES string of the molecule is C1CSCC(c2n[nH]c3c2CNC3)C1. The lowest BCUT2D eigenvalue weighted by molar-refractivity contribution is 0.627. The van der Waals surface area contributed by atoms with Crippen LogP contribution in [0.3, 0.4) is 0 Å². The standard InChI is InChI=1S/C10H15N3S/c1-2-7(6-14-3-1)10-8-4-11-5-9(8)12-13-10/h7,11H,1-6H2,(H,12,13). The van der Waals surface area contributed by atoms with Gasteiger partial charge in [0.1, 0.15) is 0 Å². The summed E-state index contributed by atoms with van der Waals surface area (Å²) in [6, 6.07) is 0. The predicted octanol–water partition coefficient (Wildman–Crippen LogP) is 1.62. The van der Waals surface area contributed by atoms with Crippen molar-refractivity contribution in [2.75, 3.05) is 11.5 Å². The first-order valence-corrected chi connectivity index (χ1v) is 6.45. The van der Waals surface area contributed by atoms with Gasteiger partial charge in [-0.3, -0.25) is 5.10 Å². The zero-order valence-electron chi connectivity index (χ0n) is 8.18. The van der Waals surface area contributed by atoms with Gasteiger partial charge in [-0.05, 0) is 18.6 Å². The first kappa shape index (κ1) is 8.80. The van der Waals surface area contributed by atoms with Gasteiger partial charge in [0, 0.05) is 30.3 Å². The van der Waals surface area contributed by atoms with Gasteiger partial charge in [0.15, 0.2) is 0 Å². The highest BCUT2D eigenvalue weighted by atomic mass is 32.2. The van der Waals surface area contributed by atoms with Gasteiger partial charge in [0.05, 0.1) is 11.4 Å². The Balaban J connectivity index is 1.88. The van der Waals surface area contributed by atoms with Crippen molar-refractivity contribution in [2.45, 2.75) is 31.8 Å². The van der Waals surface area contributed by atoms with Crippen LogP contribution in [0.15, 0.2) is 0 Å². The van der Waals surface area contributed by atoms with Crippen molar-refractivity contribution >= 4 is 11.8 Å². The van der Waals surface area contributed by atoms with Crippen LogP contribution in [0.1, 0.15) is 35.7 Å². The summed E-state index contributed by atoms with van der Waals surface area (Å²) >= 11 is 2.07. The second-order valence-electron chi connectivity index (χ2n) is 4.08. The summed E-state index contributed by atoms with van der Waals surface area (Å²) in [4.78, 5) is 0. The molecule has 2 aliphatic heterocycles. The average molecular weight is 209 g/mol. The maximum absolute atomic E-state index is 4.48. The minimum absolute atomic E-state index is 0.702. The number of fused-ring (bicyclic) bond motifs is 1. The van der Waals surface area contributed by atoms with Crippen LogP contribution in [0, 0.1) is 0 Å². The molecule has 0 saturated carbocycles. The Morgan fingerprint density at radius 1 is 1.36 bits per heavy atom. The molecule has 4 heteroatoms. The van der Waals surface area contributed by atoms with Gasteiger partial charge < -0.3 is 5.32 Å². The molecule has 76 valence electrons. The molecular weight excluding hydrogens is 194 g/mol. The number of rotatable bonds is 1. The first-order chi connectivity index (χ1) is 6.95. The third kappa shape index (κ3) is 1.37. The predicted molar refractivity (Wildman–Crippen MR) is 58.4 cm³/mol. The number of nitrogens with zero attached hydrogens (tertiary/aromatic N) is 1. The Labute approximate surface area is 88.0 Å². The van der Waals surface area contributed by atoms with Crippen LogP contribution in [0.4, 0.5) is 0 Å². The van der Waals surface area contributed by atoms with Crippen LogP contribution in [0.2, 0.25) is 0 Å². The maximum atomic E-state index is 4.48. The van der Waals surface area contributed by atoms with Crippen LogP contribution in [-0.4, -0.2) is 21.7 Å². The van der Waals surface area contributed by atoms with Crippen LogP contribution in [0.5, 0.6) is 0 Å². The number of hydrogen-bond acceptors (Lipinski definition) is 3. The number of aromatic nitrogens is 2. The number of H-pyrrole nitrogens is 1. The van der Waals surface area contributed by atoms with E-state index in [2.05, 4.69) is 27.3 Å². The van der Waals surface area contributed by atoms with Gasteiger partial charge in [-0.25, -0.2) is 0 Å². The van der Waals surface area contributed by atoms with Gasteiger partial charge >= 0.3 is 0 Å². The minimum atomic E-state index is 0.702. The molecule has 14 heavy (non-hydrogen) atoms. The van der Waals surface area contributed by atoms with Gasteiger partial charge in [0.2, 0.25) is 0 Å². The molecule has 1 fully saturated rings. The van der Waals surface area contributed by atoms with Crippen LogP contribution in [-0.2, 0) is 13.1 Å². The molecule has 1 aromatic rings. The van der Waals surface area contributed by atoms with Crippen LogP contribution in [0.25, 0.3) is 0 Å². The van der Waals surface area contributed by atoms with E-state index in [-0.39, 0.29) is 0 Å². The van der Waals surface area contributed by atoms with Crippen molar-refractivity contribution in [1.29, 1.82) is 0 Å². The van der Waals surface area contributed by atoms with Gasteiger partial charge in [0.25, 0.3) is 0 Å². The summed E-state index contributed by atoms with van der Waals surface area (Å²) in [5.41, 5.74) is 4.12. The number of hydrogen-bond donors (Lipinski definition) is 2. The summed E-state index contributed by atoms with van der Waals surface area (Å²) < 4.78 is 0. The molecule has 0 aromatic carbocycles. The van der Waals surface area contributed by atoms with Crippen molar-refractivity contribution in [3.05, 3.63) is 17.0 Å². The lowest BCUT2D eigenvalue weighted by Crippen LogP contribution is -2.12. The molecular formula is C10H15N3S. The lowest BCUT2D eigenvalue weighted by Gasteiger charge is -2.20. The molecule has 0 radical (unpaired) electrons. The number of thioether (sulfide) groups is 1. The van der Waals surface area contributed by atoms with Crippen molar-refractivity contribution in [1.82, 2.24) is 15.5 Å². The normalized spacial score (nSPS) is 26.4. The molecule has 3 rings (SSSR count). The second kappa shape index (κ2) is 3.59. The van der Waals surface area contributed by atoms with Crippen molar-refractivity contribution in [3.8, 4) is 0 Å². The number of aromatic amines is 1. The molecule has 2 aliphatic rings. The summed E-state index contributed by atoms with van der Waals surface area (Å²) in [6.07, 6.45) is 2.68. The van der Waals surface area contributed by atoms with Crippen molar-refractivity contribution in [2.24, 2.45) is 0 Å². The zero-order chi connectivity index (χ0) is 9.38. The third-order valence-electron chi connectivity index (χ3n) is 3.14. The fraction of sp³-hybridized carbons (Fsp3) is 0.700. The largest absolute Gasteiger partial charge is 0.307 e. The molecule has 1 saturated heterocycles. The van der Waals surface area contributed by atoms with Gasteiger partial charge in [-0.1, -0.05) is 0 Å². The van der Waals surface area contributed by atoms with E-state index >= 15 is 0 Å². The smallest absolute Gasteiger partial charge is 0.0709 e. The summed E-state index contributed by atoms with van der Waals surface area (Å²) in [7, 11) is 0. The summed E-state index contributed by atoms with van der Waals surface area (Å²) in [6.45, 7) is 1.99. The average Bonchev–Trinajstić information content (AvgIpc) is 2.79. The first-order valence-electron chi connectivity index (χ1n) is 5.29. The Bertz CT molecular complexity index is 328. The van der Waals surface area contributed by atoms with Crippen LogP contribution < -0.4 is 5.32 Å². The van der Waals surface area contributed by atoms with Gasteiger partial charge in [-0.2, -0.15) is 16.9 Å². The highest BCUT2D eigenvalue weighted by Gasteiger charge is 2.25. The highest BCUT2D eigenvalue weighted by molar-refractivity contribution is 7.99. The molecule has 0 spiro atoms. The molecule has 1 unspecified atom stereocenters. The van der Waals surface area contributed by atoms with Crippen molar-refractivity contribution in [3.63, 3.8) is 0 Å². The Morgan fingerprint density at radius 3 is 3.21 bits per heavy atom. The quantitative estimate of drug-likeness (QED) is 0.738. The van der Waals surface area contributed by atoms with E-state index < -0.39 is 0 Å². The van der Waals surface area contributed by atoms with E-state index in [0.29, 0.717) is 5.92 Å². The van der Waals surface area contributed by atoms with Crippen LogP contribution >= 0.6 is 11.8 Å². The fourth-order valence-electron chi connectivity index (χ4n) is 2.37. The molecule has 0 aliphatic carbocycles. The molecule has 0 bridgehead atoms. The monoisotopic (exact) mass is 209 g/mol. The van der Waals surface area contributed by atoms with Crippen molar-refractivity contribution < 1.29 is 0 Å². The zero-order valence-corrected chi connectivity index (χ0v) is 8.99. The van der Waals surface area contributed by atoms with Gasteiger partial charge in [-0.15, -0.1) is 0 Å². The molecule has 1 aromatic heterocycles. The van der Waals surface area contributed by atoms with E-state index in [1.54, 1.807) is 0 Å². The Hall–Kier alpha value is -0.480. The number of nitrogens with one attached hydrogen (secondary N) is 2. The third-order valence-corrected chi connectivity index (χ3v) is 4.35.